The molecule has 2 rings (SSSR count). The van der Waals surface area contributed by atoms with Crippen molar-refractivity contribution in [3.8, 4) is 5.75 Å². The number of methoxy groups -OCH3 is 1. The first kappa shape index (κ1) is 24.6. The minimum Gasteiger partial charge on any atom is -0.508 e. The van der Waals surface area contributed by atoms with E-state index in [1.54, 1.807) is 45.0 Å². The van der Waals surface area contributed by atoms with E-state index in [2.05, 4.69) is 4.74 Å². The Labute approximate surface area is 174 Å². The fourth-order valence-electron chi connectivity index (χ4n) is 2.27. The number of esters is 1. The summed E-state index contributed by atoms with van der Waals surface area (Å²) >= 11 is 1.42. The van der Waals surface area contributed by atoms with E-state index >= 15 is 0 Å². The predicted molar refractivity (Wildman–Crippen MR) is 109 cm³/mol. The second-order valence-corrected chi connectivity index (χ2v) is 8.30. The average molecular weight is 429 g/mol. The van der Waals surface area contributed by atoms with Gasteiger partial charge < -0.3 is 25.4 Å². The van der Waals surface area contributed by atoms with Crippen LogP contribution in [0.4, 0.5) is 4.79 Å². The van der Waals surface area contributed by atoms with E-state index in [4.69, 9.17) is 20.7 Å². The number of nitrogens with zero attached hydrogens (tertiary/aromatic N) is 1. The molecule has 4 N–H and O–H groups in total. The van der Waals surface area contributed by atoms with E-state index in [-0.39, 0.29) is 5.75 Å². The summed E-state index contributed by atoms with van der Waals surface area (Å²) in [5, 5.41) is 17.9. The van der Waals surface area contributed by atoms with Gasteiger partial charge in [0.15, 0.2) is 0 Å². The molecule has 0 bridgehead atoms. The molecule has 29 heavy (non-hydrogen) atoms. The predicted octanol–water partition coefficient (Wildman–Crippen LogP) is 1.82. The van der Waals surface area contributed by atoms with Gasteiger partial charge in [-0.05, 0) is 44.9 Å². The van der Waals surface area contributed by atoms with Crippen molar-refractivity contribution in [3.63, 3.8) is 0 Å². The Morgan fingerprint density at radius 1 is 1.28 bits per heavy atom. The Morgan fingerprint density at radius 2 is 1.86 bits per heavy atom. The van der Waals surface area contributed by atoms with Gasteiger partial charge in [-0.25, -0.2) is 9.59 Å². The van der Waals surface area contributed by atoms with Crippen LogP contribution in [0.1, 0.15) is 26.3 Å². The zero-order chi connectivity index (χ0) is 22.2. The van der Waals surface area contributed by atoms with Gasteiger partial charge in [0.25, 0.3) is 0 Å². The van der Waals surface area contributed by atoms with Crippen molar-refractivity contribution in [2.75, 3.05) is 18.7 Å². The van der Waals surface area contributed by atoms with Crippen LogP contribution in [-0.4, -0.2) is 69.6 Å². The number of phenolic OH excluding ortho intramolecular Hbond substituents is 1. The molecule has 1 aliphatic rings. The first-order chi connectivity index (χ1) is 13.4. The second-order valence-electron chi connectivity index (χ2n) is 7.30. The summed E-state index contributed by atoms with van der Waals surface area (Å²) in [7, 11) is 1.30. The van der Waals surface area contributed by atoms with Crippen LogP contribution in [0.2, 0.25) is 0 Å². The van der Waals surface area contributed by atoms with Crippen LogP contribution in [0.15, 0.2) is 24.3 Å². The van der Waals surface area contributed by atoms with Gasteiger partial charge in [0.05, 0.1) is 13.0 Å². The van der Waals surface area contributed by atoms with Gasteiger partial charge in [0.1, 0.15) is 23.4 Å². The zero-order valence-electron chi connectivity index (χ0n) is 17.0. The van der Waals surface area contributed by atoms with Crippen LogP contribution in [0.3, 0.4) is 0 Å². The molecule has 1 aliphatic heterocycles. The van der Waals surface area contributed by atoms with Gasteiger partial charge in [-0.1, -0.05) is 12.1 Å². The summed E-state index contributed by atoms with van der Waals surface area (Å²) in [6.07, 6.45) is -0.146. The quantitative estimate of drug-likeness (QED) is 0.613. The van der Waals surface area contributed by atoms with Crippen molar-refractivity contribution in [2.24, 2.45) is 5.73 Å². The minimum absolute atomic E-state index is 0.195. The molecule has 9 nitrogen and oxygen atoms in total. The summed E-state index contributed by atoms with van der Waals surface area (Å²) in [6, 6.07) is 5.14. The number of amides is 1. The van der Waals surface area contributed by atoms with Crippen LogP contribution >= 0.6 is 11.8 Å². The summed E-state index contributed by atoms with van der Waals surface area (Å²) in [5.74, 6) is -0.412. The molecule has 1 aromatic rings. The number of thioether (sulfide) groups is 1. The number of carbonyl (C=O) groups is 3. The topological polar surface area (TPSA) is 139 Å². The molecule has 0 aliphatic carbocycles. The number of hydrogen-bond donors (Lipinski definition) is 3. The molecule has 0 radical (unpaired) electrons. The third kappa shape index (κ3) is 8.61. The van der Waals surface area contributed by atoms with Crippen molar-refractivity contribution in [1.82, 2.24) is 4.90 Å². The van der Waals surface area contributed by atoms with Gasteiger partial charge in [-0.15, -0.1) is 11.8 Å². The van der Waals surface area contributed by atoms with Crippen molar-refractivity contribution in [1.29, 1.82) is 0 Å². The molecule has 0 spiro atoms. The highest BCUT2D eigenvalue weighted by molar-refractivity contribution is 7.99. The van der Waals surface area contributed by atoms with Crippen LogP contribution in [0, 0.1) is 0 Å². The number of phenols is 1. The molecule has 1 heterocycles. The third-order valence-electron chi connectivity index (χ3n) is 3.69. The summed E-state index contributed by atoms with van der Waals surface area (Å²) in [4.78, 5) is 34.7. The number of carbonyl (C=O) groups excluding carboxylic acids is 2. The molecule has 1 saturated heterocycles. The Balaban J connectivity index is 0.000000291. The van der Waals surface area contributed by atoms with Gasteiger partial charge in [-0.2, -0.15) is 0 Å². The maximum atomic E-state index is 11.6. The molecule has 1 fully saturated rings. The summed E-state index contributed by atoms with van der Waals surface area (Å²) < 4.78 is 9.61. The Hall–Kier alpha value is -2.46. The molecule has 162 valence electrons. The number of aliphatic carboxylic acids is 1. The number of aromatic hydroxyl groups is 1. The van der Waals surface area contributed by atoms with Crippen molar-refractivity contribution in [2.45, 2.75) is 44.9 Å². The van der Waals surface area contributed by atoms with Crippen LogP contribution in [0.25, 0.3) is 0 Å². The fraction of sp³-hybridized carbons (Fsp3) is 0.526. The maximum Gasteiger partial charge on any atom is 0.411 e. The summed E-state index contributed by atoms with van der Waals surface area (Å²) in [6.45, 7) is 5.26. The molecule has 2 atom stereocenters. The lowest BCUT2D eigenvalue weighted by Gasteiger charge is -2.26. The van der Waals surface area contributed by atoms with Crippen molar-refractivity contribution in [3.05, 3.63) is 29.8 Å². The second kappa shape index (κ2) is 10.9. The molecule has 0 aromatic heterocycles. The number of carboxylic acid groups (broad SMARTS) is 1. The van der Waals surface area contributed by atoms with E-state index in [0.717, 1.165) is 5.56 Å². The van der Waals surface area contributed by atoms with Gasteiger partial charge >= 0.3 is 18.0 Å². The van der Waals surface area contributed by atoms with Crippen LogP contribution < -0.4 is 5.73 Å². The number of nitrogens with two attached hydrogens (primary N) is 1. The number of ether oxygens (including phenoxy) is 2. The largest absolute Gasteiger partial charge is 0.508 e. The van der Waals surface area contributed by atoms with Crippen molar-refractivity contribution < 1.29 is 34.1 Å². The Kier molecular flexibility index (Phi) is 9.25. The van der Waals surface area contributed by atoms with Crippen LogP contribution in [0.5, 0.6) is 5.75 Å². The molecule has 1 amide bonds. The first-order valence-corrected chi connectivity index (χ1v) is 10.0. The smallest absolute Gasteiger partial charge is 0.411 e. The lowest BCUT2D eigenvalue weighted by Crippen LogP contribution is -2.44. The minimum atomic E-state index is -0.981. The lowest BCUT2D eigenvalue weighted by molar-refractivity contribution is -0.142. The van der Waals surface area contributed by atoms with E-state index in [1.807, 2.05) is 0 Å². The number of carboxylic acids is 1. The standard InChI is InChI=1S/C10H13NO3.C9H15NO4S/c1-14-10(13)9(11)6-7-2-4-8(12)5-3-7;1-9(2,3)14-8(13)10-5-15-4-6(10)7(11)12/h2-5,9,12H,6,11H2,1H3;6H,4-5H2,1-3H3,(H,11,12)/t9-;6-/m01/s1. The zero-order valence-corrected chi connectivity index (χ0v) is 17.8. The van der Waals surface area contributed by atoms with Gasteiger partial charge in [0, 0.05) is 5.75 Å². The SMILES string of the molecule is CC(C)(C)OC(=O)N1CSC[C@@H]1C(=O)O.COC(=O)[C@@H](N)Cc1ccc(O)cc1. The van der Waals surface area contributed by atoms with Crippen molar-refractivity contribution >= 4 is 29.8 Å². The average Bonchev–Trinajstić information content (AvgIpc) is 3.12. The molecule has 10 heteroatoms. The number of hydrogen-bond acceptors (Lipinski definition) is 8. The molecule has 1 aromatic carbocycles. The Bertz CT molecular complexity index is 704. The maximum absolute atomic E-state index is 11.6. The highest BCUT2D eigenvalue weighted by Crippen LogP contribution is 2.23. The molecule has 0 saturated carbocycles. The highest BCUT2D eigenvalue weighted by atomic mass is 32.2. The fourth-order valence-corrected chi connectivity index (χ4v) is 3.40. The van der Waals surface area contributed by atoms with E-state index in [0.29, 0.717) is 18.1 Å². The van der Waals surface area contributed by atoms with Gasteiger partial charge in [0.2, 0.25) is 0 Å². The van der Waals surface area contributed by atoms with E-state index < -0.39 is 35.7 Å². The normalized spacial score (nSPS) is 17.0. The molecular weight excluding hydrogens is 400 g/mol. The summed E-state index contributed by atoms with van der Waals surface area (Å²) in [5.41, 5.74) is 5.86. The molecular formula is C19H28N2O7S. The van der Waals surface area contributed by atoms with Gasteiger partial charge in [-0.3, -0.25) is 9.69 Å². The third-order valence-corrected chi connectivity index (χ3v) is 4.70. The first-order valence-electron chi connectivity index (χ1n) is 8.86. The lowest BCUT2D eigenvalue weighted by atomic mass is 10.1. The monoisotopic (exact) mass is 428 g/mol. The molecule has 0 unspecified atom stereocenters. The van der Waals surface area contributed by atoms with E-state index in [9.17, 15) is 14.4 Å². The Morgan fingerprint density at radius 3 is 2.34 bits per heavy atom. The van der Waals surface area contributed by atoms with E-state index in [1.165, 1.54) is 23.8 Å². The number of benzene rings is 1. The van der Waals surface area contributed by atoms with Crippen LogP contribution in [-0.2, 0) is 25.5 Å². The number of rotatable bonds is 4. The highest BCUT2D eigenvalue weighted by Gasteiger charge is 2.36.